The highest BCUT2D eigenvalue weighted by Crippen LogP contribution is 2.19. The Morgan fingerprint density at radius 1 is 1.31 bits per heavy atom. The predicted molar refractivity (Wildman–Crippen MR) is 51.5 cm³/mol. The molecule has 72 valence electrons. The van der Waals surface area contributed by atoms with Crippen LogP contribution in [0, 0.1) is 0 Å². The standard InChI is InChI=1S/C9H13NO2S/c1-9(2,10-13(11)12)8-6-4-3-5-7-8/h3-7,10H,1-2H3,(H,11,12)/p-1. The molecule has 3 nitrogen and oxygen atoms in total. The van der Waals surface area contributed by atoms with Crippen LogP contribution in [0.2, 0.25) is 0 Å². The molecule has 13 heavy (non-hydrogen) atoms. The van der Waals surface area contributed by atoms with Gasteiger partial charge in [0.05, 0.1) is 0 Å². The molecule has 0 fully saturated rings. The first-order chi connectivity index (χ1) is 6.02. The van der Waals surface area contributed by atoms with Gasteiger partial charge in [-0.3, -0.25) is 4.21 Å². The molecule has 1 aromatic carbocycles. The summed E-state index contributed by atoms with van der Waals surface area (Å²) in [5.41, 5.74) is 0.396. The van der Waals surface area contributed by atoms with Crippen molar-refractivity contribution < 1.29 is 8.76 Å². The number of nitrogens with one attached hydrogen (secondary N) is 1. The van der Waals surface area contributed by atoms with Gasteiger partial charge in [0.25, 0.3) is 0 Å². The largest absolute Gasteiger partial charge is 0.760 e. The van der Waals surface area contributed by atoms with E-state index < -0.39 is 16.8 Å². The van der Waals surface area contributed by atoms with Crippen LogP contribution in [0.25, 0.3) is 0 Å². The Balaban J connectivity index is 2.87. The minimum atomic E-state index is -2.24. The van der Waals surface area contributed by atoms with Crippen molar-refractivity contribution in [1.82, 2.24) is 4.72 Å². The van der Waals surface area contributed by atoms with Gasteiger partial charge >= 0.3 is 0 Å². The van der Waals surface area contributed by atoms with E-state index >= 15 is 0 Å². The monoisotopic (exact) mass is 198 g/mol. The molecule has 0 spiro atoms. The fourth-order valence-corrected chi connectivity index (χ4v) is 1.66. The summed E-state index contributed by atoms with van der Waals surface area (Å²) in [4.78, 5) is 0. The molecule has 0 aliphatic heterocycles. The van der Waals surface area contributed by atoms with Crippen molar-refractivity contribution in [1.29, 1.82) is 0 Å². The fourth-order valence-electron chi connectivity index (χ4n) is 1.12. The summed E-state index contributed by atoms with van der Waals surface area (Å²) in [6.45, 7) is 3.64. The van der Waals surface area contributed by atoms with Crippen molar-refractivity contribution in [3.8, 4) is 0 Å². The third-order valence-corrected chi connectivity index (χ3v) is 2.51. The first-order valence-corrected chi connectivity index (χ1v) is 5.02. The molecular formula is C9H12NO2S-. The van der Waals surface area contributed by atoms with Gasteiger partial charge in [-0.15, -0.1) is 0 Å². The maximum absolute atomic E-state index is 10.5. The van der Waals surface area contributed by atoms with Crippen molar-refractivity contribution in [2.45, 2.75) is 19.4 Å². The van der Waals surface area contributed by atoms with E-state index in [1.54, 1.807) is 0 Å². The summed E-state index contributed by atoms with van der Waals surface area (Å²) in [6.07, 6.45) is 0. The molecule has 0 amide bonds. The minimum absolute atomic E-state index is 0.548. The van der Waals surface area contributed by atoms with Gasteiger partial charge in [-0.05, 0) is 19.4 Å². The van der Waals surface area contributed by atoms with Gasteiger partial charge in [-0.2, -0.15) is 0 Å². The molecular weight excluding hydrogens is 186 g/mol. The lowest BCUT2D eigenvalue weighted by Gasteiger charge is -2.27. The van der Waals surface area contributed by atoms with E-state index in [2.05, 4.69) is 4.72 Å². The van der Waals surface area contributed by atoms with E-state index in [1.165, 1.54) is 0 Å². The highest BCUT2D eigenvalue weighted by Gasteiger charge is 2.19. The Morgan fingerprint density at radius 3 is 2.31 bits per heavy atom. The van der Waals surface area contributed by atoms with E-state index in [9.17, 15) is 8.76 Å². The number of hydrogen-bond acceptors (Lipinski definition) is 2. The van der Waals surface area contributed by atoms with Gasteiger partial charge in [-0.25, -0.2) is 4.72 Å². The lowest BCUT2D eigenvalue weighted by atomic mass is 9.96. The second kappa shape index (κ2) is 4.00. The third-order valence-electron chi connectivity index (χ3n) is 1.83. The van der Waals surface area contributed by atoms with E-state index in [1.807, 2.05) is 44.2 Å². The van der Waals surface area contributed by atoms with Crippen LogP contribution in [0.5, 0.6) is 0 Å². The molecule has 0 bridgehead atoms. The van der Waals surface area contributed by atoms with Crippen LogP contribution in [0.1, 0.15) is 19.4 Å². The fraction of sp³-hybridized carbons (Fsp3) is 0.333. The zero-order valence-electron chi connectivity index (χ0n) is 7.61. The summed E-state index contributed by atoms with van der Waals surface area (Å²) in [6, 6.07) is 9.44. The van der Waals surface area contributed by atoms with Gasteiger partial charge in [0.2, 0.25) is 0 Å². The quantitative estimate of drug-likeness (QED) is 0.744. The number of benzene rings is 1. The summed E-state index contributed by atoms with van der Waals surface area (Å²) in [7, 11) is 0. The summed E-state index contributed by atoms with van der Waals surface area (Å²) >= 11 is -2.24. The van der Waals surface area contributed by atoms with Crippen LogP contribution >= 0.6 is 0 Å². The number of rotatable bonds is 3. The molecule has 0 aromatic heterocycles. The van der Waals surface area contributed by atoms with E-state index in [4.69, 9.17) is 0 Å². The summed E-state index contributed by atoms with van der Waals surface area (Å²) < 4.78 is 23.4. The first-order valence-electron chi connectivity index (χ1n) is 3.95. The van der Waals surface area contributed by atoms with Gasteiger partial charge in [0.1, 0.15) is 0 Å². The average Bonchev–Trinajstić information content (AvgIpc) is 2.04. The second-order valence-electron chi connectivity index (χ2n) is 3.33. The predicted octanol–water partition coefficient (Wildman–Crippen LogP) is 1.31. The van der Waals surface area contributed by atoms with Crippen LogP contribution in [-0.2, 0) is 16.8 Å². The van der Waals surface area contributed by atoms with Crippen LogP contribution in [0.4, 0.5) is 0 Å². The van der Waals surface area contributed by atoms with Crippen molar-refractivity contribution in [2.75, 3.05) is 0 Å². The Bertz CT molecular complexity index is 298. The molecule has 1 unspecified atom stereocenters. The Hall–Kier alpha value is -0.710. The Labute approximate surface area is 80.6 Å². The molecule has 0 heterocycles. The summed E-state index contributed by atoms with van der Waals surface area (Å²) in [5.74, 6) is 0. The maximum atomic E-state index is 10.5. The first kappa shape index (κ1) is 10.4. The highest BCUT2D eigenvalue weighted by molar-refractivity contribution is 7.77. The lowest BCUT2D eigenvalue weighted by molar-refractivity contribution is 0.449. The van der Waals surface area contributed by atoms with Crippen LogP contribution in [0.3, 0.4) is 0 Å². The molecule has 1 atom stereocenters. The zero-order chi connectivity index (χ0) is 9.90. The van der Waals surface area contributed by atoms with Gasteiger partial charge in [0.15, 0.2) is 0 Å². The molecule has 0 radical (unpaired) electrons. The maximum Gasteiger partial charge on any atom is 0.0487 e. The molecule has 0 saturated heterocycles. The van der Waals surface area contributed by atoms with Crippen LogP contribution in [0.15, 0.2) is 30.3 Å². The molecule has 1 aromatic rings. The van der Waals surface area contributed by atoms with Gasteiger partial charge in [-0.1, -0.05) is 30.3 Å². The van der Waals surface area contributed by atoms with E-state index in [0.717, 1.165) is 5.56 Å². The second-order valence-corrected chi connectivity index (χ2v) is 4.00. The van der Waals surface area contributed by atoms with Crippen molar-refractivity contribution >= 4 is 11.3 Å². The molecule has 1 N–H and O–H groups in total. The molecule has 0 aliphatic carbocycles. The highest BCUT2D eigenvalue weighted by atomic mass is 32.2. The van der Waals surface area contributed by atoms with E-state index in [0.29, 0.717) is 0 Å². The van der Waals surface area contributed by atoms with Crippen molar-refractivity contribution in [3.63, 3.8) is 0 Å². The number of hydrogen-bond donors (Lipinski definition) is 1. The SMILES string of the molecule is CC(C)(NS(=O)[O-])c1ccccc1. The van der Waals surface area contributed by atoms with Crippen molar-refractivity contribution in [2.24, 2.45) is 0 Å². The van der Waals surface area contributed by atoms with E-state index in [-0.39, 0.29) is 0 Å². The zero-order valence-corrected chi connectivity index (χ0v) is 8.43. The topological polar surface area (TPSA) is 52.2 Å². The average molecular weight is 198 g/mol. The van der Waals surface area contributed by atoms with Crippen molar-refractivity contribution in [3.05, 3.63) is 35.9 Å². The Morgan fingerprint density at radius 2 is 1.85 bits per heavy atom. The molecule has 0 saturated carbocycles. The third kappa shape index (κ3) is 2.91. The lowest BCUT2D eigenvalue weighted by Crippen LogP contribution is -2.37. The minimum Gasteiger partial charge on any atom is -0.760 e. The Kier molecular flexibility index (Phi) is 3.19. The molecule has 4 heteroatoms. The molecule has 1 rings (SSSR count). The normalized spacial score (nSPS) is 14.1. The van der Waals surface area contributed by atoms with Gasteiger partial charge in [0, 0.05) is 16.8 Å². The smallest absolute Gasteiger partial charge is 0.0487 e. The van der Waals surface area contributed by atoms with Crippen LogP contribution < -0.4 is 4.72 Å². The molecule has 0 aliphatic rings. The van der Waals surface area contributed by atoms with Crippen LogP contribution in [-0.4, -0.2) is 8.76 Å². The van der Waals surface area contributed by atoms with Gasteiger partial charge < -0.3 is 4.55 Å². The summed E-state index contributed by atoms with van der Waals surface area (Å²) in [5, 5.41) is 0.